The van der Waals surface area contributed by atoms with Crippen molar-refractivity contribution in [2.24, 2.45) is 0 Å². The number of para-hydroxylation sites is 5. The third kappa shape index (κ3) is 8.15. The van der Waals surface area contributed by atoms with Crippen molar-refractivity contribution >= 4 is 123 Å². The molecule has 446 valence electrons. The molecule has 0 atom stereocenters. The minimum absolute atomic E-state index is 0.286. The zero-order chi connectivity index (χ0) is 63.0. The Morgan fingerprint density at radius 1 is 0.260 bits per heavy atom. The molecular weight excluding hydrogens is 1170 g/mol. The number of pyridine rings is 2. The molecule has 0 saturated heterocycles. The third-order valence-corrected chi connectivity index (χ3v) is 20.0. The van der Waals surface area contributed by atoms with E-state index in [2.05, 4.69) is 347 Å². The Labute approximate surface area is 554 Å². The summed E-state index contributed by atoms with van der Waals surface area (Å²) in [5.41, 5.74) is 28.6. The number of rotatable bonds is 9. The molecule has 0 fully saturated rings. The fourth-order valence-electron chi connectivity index (χ4n) is 15.9. The van der Waals surface area contributed by atoms with Gasteiger partial charge in [-0.25, -0.2) is 0 Å². The Balaban J connectivity index is 0.975. The van der Waals surface area contributed by atoms with E-state index in [1.165, 1.54) is 37.9 Å². The normalized spacial score (nSPS) is 12.5. The monoisotopic (exact) mass is 1220 g/mol. The SMILES string of the molecule is c1ccc(-c2cncc(-c3ccccc3)c2N2c3cc(-c4ccc5oc6ccccc6c5c4)ccc3B3c4ccc(-n5c6ccccc6c6ccccc65)cc4N(c4c(-c5ccccc5)cncc4-c4ccccc4)c4cc(-n5c6ccccc6c6ccccc65)cc2c43)cc1. The molecular formula is C88H55BN6O. The highest BCUT2D eigenvalue weighted by atomic mass is 16.3. The van der Waals surface area contributed by atoms with Gasteiger partial charge in [-0.15, -0.1) is 0 Å². The van der Waals surface area contributed by atoms with Crippen molar-refractivity contribution in [2.45, 2.75) is 0 Å². The van der Waals surface area contributed by atoms with Crippen molar-refractivity contribution in [1.29, 1.82) is 0 Å². The van der Waals surface area contributed by atoms with Crippen LogP contribution < -0.4 is 26.2 Å². The number of hydrogen-bond donors (Lipinski definition) is 0. The molecule has 5 aromatic heterocycles. The largest absolute Gasteiger partial charge is 0.456 e. The summed E-state index contributed by atoms with van der Waals surface area (Å²) >= 11 is 0. The number of benzene rings is 13. The van der Waals surface area contributed by atoms with E-state index >= 15 is 0 Å². The van der Waals surface area contributed by atoms with Crippen LogP contribution in [0.25, 0.3) is 133 Å². The predicted molar refractivity (Wildman–Crippen MR) is 399 cm³/mol. The number of aromatic nitrogens is 4. The molecule has 96 heavy (non-hydrogen) atoms. The number of anilines is 6. The van der Waals surface area contributed by atoms with Crippen molar-refractivity contribution in [3.8, 4) is 67.0 Å². The number of fused-ring (bicyclic) bond motifs is 13. The zero-order valence-electron chi connectivity index (χ0n) is 51.9. The highest BCUT2D eigenvalue weighted by Gasteiger charge is 2.46. The van der Waals surface area contributed by atoms with E-state index in [-0.39, 0.29) is 6.71 Å². The molecule has 18 aromatic rings. The fraction of sp³-hybridized carbons (Fsp3) is 0. The molecule has 0 aliphatic carbocycles. The molecule has 13 aromatic carbocycles. The highest BCUT2D eigenvalue weighted by Crippen LogP contribution is 2.54. The van der Waals surface area contributed by atoms with E-state index in [0.717, 1.165) is 145 Å². The van der Waals surface area contributed by atoms with E-state index in [1.54, 1.807) is 0 Å². The minimum Gasteiger partial charge on any atom is -0.456 e. The van der Waals surface area contributed by atoms with Crippen LogP contribution in [0.3, 0.4) is 0 Å². The molecule has 20 rings (SSSR count). The second-order valence-corrected chi connectivity index (χ2v) is 25.2. The number of hydrogen-bond acceptors (Lipinski definition) is 5. The van der Waals surface area contributed by atoms with E-state index in [4.69, 9.17) is 14.4 Å². The molecule has 8 heteroatoms. The first-order valence-electron chi connectivity index (χ1n) is 32.8. The Morgan fingerprint density at radius 3 is 1.08 bits per heavy atom. The molecule has 0 radical (unpaired) electrons. The first-order chi connectivity index (χ1) is 47.7. The summed E-state index contributed by atoms with van der Waals surface area (Å²) in [7, 11) is 0. The van der Waals surface area contributed by atoms with Crippen LogP contribution in [0.15, 0.2) is 339 Å². The first kappa shape index (κ1) is 53.8. The lowest BCUT2D eigenvalue weighted by molar-refractivity contribution is 0.669. The molecule has 0 N–H and O–H groups in total. The van der Waals surface area contributed by atoms with Gasteiger partial charge < -0.3 is 23.4 Å². The lowest BCUT2D eigenvalue weighted by atomic mass is 9.33. The standard InChI is InChI=1S/C88H55BN6O/c1-5-23-56(24-6-1)70-52-90-53-71(57-25-7-2-8-26-57)87(70)94-80-48-61(60-42-46-85-69(47-60)68-35-17-22-40-84(68)96-85)41-44-74(80)89-75-45-43-62(92-76-36-18-13-31-64(76)65-32-14-19-37-77(65)92)49-81(75)95(88-72(58-27-9-3-10-28-58)54-91-55-73(88)59-29-11-4-12-30-59)83-51-63(50-82(94)86(83)89)93-78-38-20-15-33-66(78)67-34-16-21-39-79(67)93/h1-55H. The Kier molecular flexibility index (Phi) is 12.0. The van der Waals surface area contributed by atoms with Crippen LogP contribution >= 0.6 is 0 Å². The summed E-state index contributed by atoms with van der Waals surface area (Å²) in [6, 6.07) is 113. The predicted octanol–water partition coefficient (Wildman–Crippen LogP) is 21.0. The smallest absolute Gasteiger partial charge is 0.252 e. The highest BCUT2D eigenvalue weighted by molar-refractivity contribution is 7.00. The summed E-state index contributed by atoms with van der Waals surface area (Å²) in [5, 5.41) is 6.95. The molecule has 2 aliphatic heterocycles. The van der Waals surface area contributed by atoms with Crippen molar-refractivity contribution < 1.29 is 4.42 Å². The van der Waals surface area contributed by atoms with Gasteiger partial charge >= 0.3 is 0 Å². The fourth-order valence-corrected chi connectivity index (χ4v) is 15.9. The Morgan fingerprint density at radius 2 is 0.615 bits per heavy atom. The summed E-state index contributed by atoms with van der Waals surface area (Å²) in [5.74, 6) is 0. The maximum Gasteiger partial charge on any atom is 0.252 e. The van der Waals surface area contributed by atoms with Crippen LogP contribution in [0.1, 0.15) is 0 Å². The van der Waals surface area contributed by atoms with Crippen LogP contribution in [-0.2, 0) is 0 Å². The average Bonchev–Trinajstić information content (AvgIpc) is 0.695. The summed E-state index contributed by atoms with van der Waals surface area (Å²) in [4.78, 5) is 15.6. The van der Waals surface area contributed by atoms with Crippen molar-refractivity contribution in [1.82, 2.24) is 19.1 Å². The first-order valence-corrected chi connectivity index (χ1v) is 32.8. The van der Waals surface area contributed by atoms with Gasteiger partial charge in [-0.2, -0.15) is 0 Å². The summed E-state index contributed by atoms with van der Waals surface area (Å²) < 4.78 is 11.4. The van der Waals surface area contributed by atoms with E-state index < -0.39 is 0 Å². The van der Waals surface area contributed by atoms with Crippen LogP contribution in [0.4, 0.5) is 34.1 Å². The lowest BCUT2D eigenvalue weighted by Gasteiger charge is -2.46. The van der Waals surface area contributed by atoms with Gasteiger partial charge in [-0.1, -0.05) is 237 Å². The maximum atomic E-state index is 6.49. The van der Waals surface area contributed by atoms with Crippen LogP contribution in [0.5, 0.6) is 0 Å². The molecule has 2 aliphatic rings. The topological polar surface area (TPSA) is 55.3 Å². The quantitative estimate of drug-likeness (QED) is 0.135. The summed E-state index contributed by atoms with van der Waals surface area (Å²) in [6.45, 7) is -0.286. The second kappa shape index (κ2) is 21.4. The van der Waals surface area contributed by atoms with E-state index in [9.17, 15) is 0 Å². The summed E-state index contributed by atoms with van der Waals surface area (Å²) in [6.07, 6.45) is 8.29. The molecule has 0 amide bonds. The Hall–Kier alpha value is -12.8. The third-order valence-electron chi connectivity index (χ3n) is 20.0. The Bertz CT molecular complexity index is 5950. The average molecular weight is 1220 g/mol. The van der Waals surface area contributed by atoms with Crippen LogP contribution in [0.2, 0.25) is 0 Å². The molecule has 0 spiro atoms. The van der Waals surface area contributed by atoms with Crippen molar-refractivity contribution in [2.75, 3.05) is 9.80 Å². The molecule has 7 nitrogen and oxygen atoms in total. The number of nitrogens with zero attached hydrogens (tertiary/aromatic N) is 6. The molecule has 0 unspecified atom stereocenters. The van der Waals surface area contributed by atoms with Gasteiger partial charge in [0.25, 0.3) is 6.71 Å². The zero-order valence-corrected chi connectivity index (χ0v) is 51.9. The lowest BCUT2D eigenvalue weighted by Crippen LogP contribution is -2.61. The molecule has 0 bridgehead atoms. The molecule has 0 saturated carbocycles. The second-order valence-electron chi connectivity index (χ2n) is 25.2. The molecule has 7 heterocycles. The van der Waals surface area contributed by atoms with Crippen molar-refractivity contribution in [3.63, 3.8) is 0 Å². The minimum atomic E-state index is -0.286. The van der Waals surface area contributed by atoms with Gasteiger partial charge in [-0.05, 0) is 123 Å². The van der Waals surface area contributed by atoms with Gasteiger partial charge in [0.1, 0.15) is 11.2 Å². The van der Waals surface area contributed by atoms with Crippen LogP contribution in [0, 0.1) is 0 Å². The van der Waals surface area contributed by atoms with E-state index in [0.29, 0.717) is 0 Å². The van der Waals surface area contributed by atoms with Crippen LogP contribution in [-0.4, -0.2) is 25.8 Å². The maximum absolute atomic E-state index is 6.49. The number of furan rings is 1. The van der Waals surface area contributed by atoms with Gasteiger partial charge in [-0.3, -0.25) is 9.97 Å². The van der Waals surface area contributed by atoms with Gasteiger partial charge in [0.2, 0.25) is 0 Å². The van der Waals surface area contributed by atoms with Gasteiger partial charge in [0.15, 0.2) is 0 Å². The van der Waals surface area contributed by atoms with E-state index in [1.807, 2.05) is 6.07 Å². The van der Waals surface area contributed by atoms with Gasteiger partial charge in [0, 0.05) is 108 Å². The van der Waals surface area contributed by atoms with Gasteiger partial charge in [0.05, 0.1) is 39.1 Å². The van der Waals surface area contributed by atoms with Crippen molar-refractivity contribution in [3.05, 3.63) is 334 Å².